The predicted molar refractivity (Wildman–Crippen MR) is 147 cm³/mol. The Morgan fingerprint density at radius 2 is 1.82 bits per heavy atom. The highest BCUT2D eigenvalue weighted by Gasteiger charge is 2.67. The topological polar surface area (TPSA) is 94.8 Å². The Balaban J connectivity index is 1.16. The predicted octanol–water partition coefficient (Wildman–Crippen LogP) is 4.64. The summed E-state index contributed by atoms with van der Waals surface area (Å²) in [5, 5.41) is 19.1. The molecule has 7 heteroatoms. The van der Waals surface area contributed by atoms with Gasteiger partial charge in [0.15, 0.2) is 0 Å². The van der Waals surface area contributed by atoms with Gasteiger partial charge in [0, 0.05) is 30.6 Å². The van der Waals surface area contributed by atoms with Crippen LogP contribution in [-0.2, 0) is 0 Å². The number of urea groups is 1. The second-order valence-corrected chi connectivity index (χ2v) is 13.9. The highest BCUT2D eigenvalue weighted by molar-refractivity contribution is 5.74. The molecule has 1 aromatic heterocycles. The van der Waals surface area contributed by atoms with Crippen LogP contribution in [0.2, 0.25) is 0 Å². The Morgan fingerprint density at radius 3 is 2.55 bits per heavy atom. The minimum atomic E-state index is -0.674. The first kappa shape index (κ1) is 26.4. The van der Waals surface area contributed by atoms with Crippen molar-refractivity contribution in [1.82, 2.24) is 15.5 Å². The number of nitrogens with one attached hydrogen (secondary N) is 2. The Bertz CT molecular complexity index is 1080. The van der Waals surface area contributed by atoms with Crippen molar-refractivity contribution in [2.75, 3.05) is 20.1 Å². The van der Waals surface area contributed by atoms with Gasteiger partial charge in [0.25, 0.3) is 0 Å². The Labute approximate surface area is 227 Å². The van der Waals surface area contributed by atoms with E-state index in [4.69, 9.17) is 4.42 Å². The lowest BCUT2D eigenvalue weighted by Crippen LogP contribution is -2.62. The van der Waals surface area contributed by atoms with E-state index < -0.39 is 5.60 Å². The van der Waals surface area contributed by atoms with Gasteiger partial charge in [-0.3, -0.25) is 0 Å². The van der Waals surface area contributed by atoms with Gasteiger partial charge in [-0.05, 0) is 124 Å². The molecule has 6 rings (SSSR count). The van der Waals surface area contributed by atoms with Gasteiger partial charge in [-0.1, -0.05) is 13.8 Å². The Morgan fingerprint density at radius 1 is 1.03 bits per heavy atom. The Kier molecular flexibility index (Phi) is 6.70. The Hall–Kier alpha value is -1.86. The smallest absolute Gasteiger partial charge is 0.335 e. The molecule has 0 radical (unpaired) electrons. The fraction of sp³-hybridized carbons (Fsp3) is 0.806. The molecule has 5 aliphatic rings. The third kappa shape index (κ3) is 4.06. The van der Waals surface area contributed by atoms with Crippen molar-refractivity contribution < 1.29 is 14.3 Å². The standard InChI is InChI=1S/C31H47N3O4/c1-29-13-8-23(34(3)28(36)33-22-11-16-32-17-12-22)18-21(29)5-6-26-25(29)9-14-30(2)24(10-15-31(26,30)37)20-4-7-27(35)38-19-20/h4,7,19,21-26,32,37H,5-6,8-18H2,1-3H3,(H,33,36)/t21-,23+,24-,25+,26-,29+,30-,31+/m1/s1. The van der Waals surface area contributed by atoms with Crippen molar-refractivity contribution >= 4 is 6.03 Å². The number of rotatable bonds is 3. The molecular weight excluding hydrogens is 478 g/mol. The summed E-state index contributed by atoms with van der Waals surface area (Å²) in [6.07, 6.45) is 13.1. The van der Waals surface area contributed by atoms with Crippen LogP contribution >= 0.6 is 0 Å². The molecule has 1 aliphatic heterocycles. The fourth-order valence-corrected chi connectivity index (χ4v) is 10.1. The molecule has 210 valence electrons. The number of carbonyl (C=O) groups is 1. The SMILES string of the molecule is CN(C(=O)NC1CCNCC1)[C@H]1CC[C@@]2(C)[C@H](CC[C@@H]3[C@@H]2CC[C@]2(C)[C@@H](c4ccc(=O)oc4)CC[C@]32O)C1. The van der Waals surface area contributed by atoms with Gasteiger partial charge in [-0.2, -0.15) is 0 Å². The zero-order valence-electron chi connectivity index (χ0n) is 23.5. The molecule has 4 aliphatic carbocycles. The van der Waals surface area contributed by atoms with Crippen molar-refractivity contribution in [2.45, 2.75) is 108 Å². The second kappa shape index (κ2) is 9.65. The van der Waals surface area contributed by atoms with Crippen LogP contribution in [0.4, 0.5) is 4.79 Å². The first-order valence-electron chi connectivity index (χ1n) is 15.2. The monoisotopic (exact) mass is 525 g/mol. The van der Waals surface area contributed by atoms with Crippen LogP contribution in [0.25, 0.3) is 0 Å². The van der Waals surface area contributed by atoms with E-state index in [0.717, 1.165) is 89.3 Å². The van der Waals surface area contributed by atoms with Gasteiger partial charge >= 0.3 is 11.7 Å². The van der Waals surface area contributed by atoms with Crippen LogP contribution < -0.4 is 16.3 Å². The van der Waals surface area contributed by atoms with E-state index in [2.05, 4.69) is 24.5 Å². The van der Waals surface area contributed by atoms with Crippen LogP contribution in [0.15, 0.2) is 27.6 Å². The van der Waals surface area contributed by atoms with Crippen LogP contribution in [0, 0.1) is 28.6 Å². The average molecular weight is 526 g/mol. The molecule has 0 aromatic carbocycles. The molecule has 0 bridgehead atoms. The molecule has 5 fully saturated rings. The van der Waals surface area contributed by atoms with Crippen LogP contribution in [0.1, 0.15) is 96.0 Å². The summed E-state index contributed by atoms with van der Waals surface area (Å²) in [5.41, 5.74) is 0.106. The highest BCUT2D eigenvalue weighted by atomic mass is 16.4. The maximum absolute atomic E-state index is 13.1. The number of aliphatic hydroxyl groups is 1. The first-order chi connectivity index (χ1) is 18.2. The quantitative estimate of drug-likeness (QED) is 0.534. The number of carbonyl (C=O) groups excluding carboxylic acids is 1. The lowest BCUT2D eigenvalue weighted by atomic mass is 9.43. The summed E-state index contributed by atoms with van der Waals surface area (Å²) in [6, 6.07) is 4.12. The van der Waals surface area contributed by atoms with E-state index in [-0.39, 0.29) is 34.4 Å². The molecule has 0 unspecified atom stereocenters. The molecule has 2 amide bonds. The zero-order chi connectivity index (χ0) is 26.7. The van der Waals surface area contributed by atoms with Crippen LogP contribution in [0.3, 0.4) is 0 Å². The van der Waals surface area contributed by atoms with Gasteiger partial charge in [0.05, 0.1) is 11.9 Å². The minimum absolute atomic E-state index is 0.0932. The third-order valence-corrected chi connectivity index (χ3v) is 12.5. The summed E-state index contributed by atoms with van der Waals surface area (Å²) in [6.45, 7) is 6.77. The number of fused-ring (bicyclic) bond motifs is 5. The molecule has 3 N–H and O–H groups in total. The molecule has 2 heterocycles. The number of hydrogen-bond donors (Lipinski definition) is 3. The summed E-state index contributed by atoms with van der Waals surface area (Å²) >= 11 is 0. The maximum atomic E-state index is 13.1. The normalized spacial score (nSPS) is 43.0. The summed E-state index contributed by atoms with van der Waals surface area (Å²) in [7, 11) is 1.99. The first-order valence-corrected chi connectivity index (χ1v) is 15.2. The van der Waals surface area contributed by atoms with E-state index in [1.54, 1.807) is 6.26 Å². The molecule has 4 saturated carbocycles. The summed E-state index contributed by atoms with van der Waals surface area (Å²) in [5.74, 6) is 1.68. The van der Waals surface area contributed by atoms with Crippen molar-refractivity contribution in [3.63, 3.8) is 0 Å². The number of amides is 2. The third-order valence-electron chi connectivity index (χ3n) is 12.5. The van der Waals surface area contributed by atoms with E-state index in [1.807, 2.05) is 18.0 Å². The fourth-order valence-electron chi connectivity index (χ4n) is 10.1. The molecule has 0 spiro atoms. The van der Waals surface area contributed by atoms with Crippen molar-refractivity contribution in [3.05, 3.63) is 34.4 Å². The molecule has 8 atom stereocenters. The van der Waals surface area contributed by atoms with Gasteiger partial charge in [-0.15, -0.1) is 0 Å². The molecular formula is C31H47N3O4. The lowest BCUT2D eigenvalue weighted by Gasteiger charge is -2.64. The van der Waals surface area contributed by atoms with Crippen LogP contribution in [0.5, 0.6) is 0 Å². The van der Waals surface area contributed by atoms with Crippen LogP contribution in [-0.4, -0.2) is 53.9 Å². The average Bonchev–Trinajstić information content (AvgIpc) is 3.20. The van der Waals surface area contributed by atoms with E-state index in [1.165, 1.54) is 6.07 Å². The maximum Gasteiger partial charge on any atom is 0.335 e. The van der Waals surface area contributed by atoms with Gasteiger partial charge in [-0.25, -0.2) is 9.59 Å². The van der Waals surface area contributed by atoms with Crippen molar-refractivity contribution in [3.8, 4) is 0 Å². The summed E-state index contributed by atoms with van der Waals surface area (Å²) in [4.78, 5) is 26.7. The second-order valence-electron chi connectivity index (χ2n) is 13.9. The van der Waals surface area contributed by atoms with Crippen molar-refractivity contribution in [2.24, 2.45) is 28.6 Å². The number of nitrogens with zero attached hydrogens (tertiary/aromatic N) is 1. The number of hydrogen-bond acceptors (Lipinski definition) is 5. The summed E-state index contributed by atoms with van der Waals surface area (Å²) < 4.78 is 5.24. The molecule has 38 heavy (non-hydrogen) atoms. The minimum Gasteiger partial charge on any atom is -0.431 e. The molecule has 1 aromatic rings. The van der Waals surface area contributed by atoms with E-state index in [0.29, 0.717) is 23.8 Å². The largest absolute Gasteiger partial charge is 0.431 e. The number of piperidine rings is 1. The van der Waals surface area contributed by atoms with Gasteiger partial charge in [0.2, 0.25) is 0 Å². The van der Waals surface area contributed by atoms with Gasteiger partial charge < -0.3 is 25.1 Å². The van der Waals surface area contributed by atoms with E-state index in [9.17, 15) is 14.7 Å². The lowest BCUT2D eigenvalue weighted by molar-refractivity contribution is -0.203. The molecule has 7 nitrogen and oxygen atoms in total. The highest BCUT2D eigenvalue weighted by Crippen LogP contribution is 2.70. The van der Waals surface area contributed by atoms with Crippen molar-refractivity contribution in [1.29, 1.82) is 0 Å². The zero-order valence-corrected chi connectivity index (χ0v) is 23.5. The van der Waals surface area contributed by atoms with Gasteiger partial charge in [0.1, 0.15) is 0 Å². The molecule has 1 saturated heterocycles. The van der Waals surface area contributed by atoms with E-state index >= 15 is 0 Å².